The van der Waals surface area contributed by atoms with E-state index in [1.807, 2.05) is 12.1 Å². The van der Waals surface area contributed by atoms with E-state index in [0.717, 1.165) is 50.1 Å². The smallest absolute Gasteiger partial charge is 0.143 e. The van der Waals surface area contributed by atoms with Crippen LogP contribution in [-0.4, -0.2) is 0 Å². The van der Waals surface area contributed by atoms with Gasteiger partial charge in [-0.3, -0.25) is 0 Å². The maximum absolute atomic E-state index is 6.38. The number of para-hydroxylation sites is 2. The van der Waals surface area contributed by atoms with E-state index >= 15 is 0 Å². The van der Waals surface area contributed by atoms with Gasteiger partial charge in [-0.05, 0) is 121 Å². The molecule has 0 unspecified atom stereocenters. The zero-order chi connectivity index (χ0) is 41.7. The molecule has 0 bridgehead atoms. The molecule has 0 spiro atoms. The van der Waals surface area contributed by atoms with Crippen LogP contribution in [0.15, 0.2) is 205 Å². The van der Waals surface area contributed by atoms with Gasteiger partial charge >= 0.3 is 0 Å². The summed E-state index contributed by atoms with van der Waals surface area (Å²) in [6, 6.07) is 73.5. The number of hydrogen-bond acceptors (Lipinski definition) is 2. The summed E-state index contributed by atoms with van der Waals surface area (Å²) in [6.45, 7) is 9.46. The molecule has 2 aliphatic rings. The van der Waals surface area contributed by atoms with Crippen LogP contribution in [0.5, 0.6) is 0 Å². The highest BCUT2D eigenvalue weighted by atomic mass is 16.3. The Morgan fingerprint density at radius 3 is 1.65 bits per heavy atom. The van der Waals surface area contributed by atoms with Crippen LogP contribution in [0.2, 0.25) is 0 Å². The van der Waals surface area contributed by atoms with Gasteiger partial charge in [-0.2, -0.15) is 0 Å². The number of benzene rings is 9. The van der Waals surface area contributed by atoms with Crippen LogP contribution >= 0.6 is 0 Å². The van der Waals surface area contributed by atoms with Crippen molar-refractivity contribution >= 4 is 39.0 Å². The van der Waals surface area contributed by atoms with Gasteiger partial charge in [-0.15, -0.1) is 0 Å². The van der Waals surface area contributed by atoms with E-state index in [9.17, 15) is 0 Å². The first-order valence-electron chi connectivity index (χ1n) is 21.7. The molecule has 0 amide bonds. The van der Waals surface area contributed by atoms with Crippen molar-refractivity contribution in [1.82, 2.24) is 0 Å². The zero-order valence-electron chi connectivity index (χ0n) is 35.4. The van der Waals surface area contributed by atoms with Crippen LogP contribution in [0.1, 0.15) is 49.9 Å². The molecule has 1 heterocycles. The Balaban J connectivity index is 0.938. The van der Waals surface area contributed by atoms with Gasteiger partial charge in [0.1, 0.15) is 11.2 Å². The minimum absolute atomic E-state index is 0.0625. The SMILES string of the molecule is CC1(C)c2ccccc2-c2cc(N(c3ccc(-c4ccc(-c5cccc6c5oc5ccccc56)cc4)cc3)c3ccc4c(c3)C(C)(C)c3cc(-c5ccccc5)ccc3-4)ccc21. The molecule has 2 heteroatoms. The number of nitrogens with zero attached hydrogens (tertiary/aromatic N) is 1. The molecule has 10 aromatic rings. The Bertz CT molecular complexity index is 3390. The van der Waals surface area contributed by atoms with Crippen molar-refractivity contribution in [1.29, 1.82) is 0 Å². The van der Waals surface area contributed by atoms with Crippen LogP contribution < -0.4 is 4.90 Å². The summed E-state index contributed by atoms with van der Waals surface area (Å²) >= 11 is 0. The Morgan fingerprint density at radius 1 is 0.323 bits per heavy atom. The number of furan rings is 1. The largest absolute Gasteiger partial charge is 0.455 e. The highest BCUT2D eigenvalue weighted by Gasteiger charge is 2.38. The lowest BCUT2D eigenvalue weighted by Gasteiger charge is -2.29. The molecular formula is C60H45NO. The van der Waals surface area contributed by atoms with Crippen molar-refractivity contribution in [3.63, 3.8) is 0 Å². The van der Waals surface area contributed by atoms with Crippen LogP contribution in [-0.2, 0) is 10.8 Å². The van der Waals surface area contributed by atoms with Crippen molar-refractivity contribution in [2.24, 2.45) is 0 Å². The minimum Gasteiger partial charge on any atom is -0.455 e. The van der Waals surface area contributed by atoms with Gasteiger partial charge in [-0.25, -0.2) is 0 Å². The lowest BCUT2D eigenvalue weighted by molar-refractivity contribution is 0.660. The maximum atomic E-state index is 6.38. The van der Waals surface area contributed by atoms with Crippen LogP contribution in [0, 0.1) is 0 Å². The lowest BCUT2D eigenvalue weighted by atomic mass is 9.81. The van der Waals surface area contributed by atoms with Crippen LogP contribution in [0.25, 0.3) is 77.6 Å². The molecule has 12 rings (SSSR count). The first kappa shape index (κ1) is 36.4. The second kappa shape index (κ2) is 13.5. The number of fused-ring (bicyclic) bond motifs is 9. The van der Waals surface area contributed by atoms with Crippen molar-refractivity contribution in [2.45, 2.75) is 38.5 Å². The highest BCUT2D eigenvalue weighted by Crippen LogP contribution is 2.53. The molecule has 0 radical (unpaired) electrons. The Morgan fingerprint density at radius 2 is 0.839 bits per heavy atom. The zero-order valence-corrected chi connectivity index (χ0v) is 35.4. The summed E-state index contributed by atoms with van der Waals surface area (Å²) in [4.78, 5) is 2.45. The van der Waals surface area contributed by atoms with Crippen molar-refractivity contribution < 1.29 is 4.42 Å². The molecule has 62 heavy (non-hydrogen) atoms. The van der Waals surface area contributed by atoms with E-state index < -0.39 is 0 Å². The normalized spacial score (nSPS) is 14.1. The van der Waals surface area contributed by atoms with E-state index in [1.165, 1.54) is 66.8 Å². The van der Waals surface area contributed by atoms with Gasteiger partial charge in [0, 0.05) is 44.2 Å². The maximum Gasteiger partial charge on any atom is 0.143 e. The standard InChI is InChI=1S/C60H45NO/c1-59(2)53-19-10-8-15-47(53)52-36-44(31-34-54(52)59)61(45-30-33-49-48-32-27-42(38-13-6-5-7-14-38)35-55(48)60(3,4)56(49)37-45)43-28-25-40(26-29-43)39-21-23-41(24-22-39)46-17-12-18-51-50-16-9-11-20-57(50)62-58(46)51/h5-37H,1-4H3. The second-order valence-electron chi connectivity index (χ2n) is 18.1. The predicted octanol–water partition coefficient (Wildman–Crippen LogP) is 16.7. The molecule has 1 aromatic heterocycles. The van der Waals surface area contributed by atoms with Gasteiger partial charge < -0.3 is 9.32 Å². The third-order valence-corrected chi connectivity index (χ3v) is 13.9. The predicted molar refractivity (Wildman–Crippen MR) is 260 cm³/mol. The summed E-state index contributed by atoms with van der Waals surface area (Å²) in [6.07, 6.45) is 0. The van der Waals surface area contributed by atoms with Crippen molar-refractivity contribution in [3.8, 4) is 55.6 Å². The van der Waals surface area contributed by atoms with Crippen LogP contribution in [0.4, 0.5) is 17.1 Å². The third kappa shape index (κ3) is 5.49. The van der Waals surface area contributed by atoms with Crippen LogP contribution in [0.3, 0.4) is 0 Å². The summed E-state index contributed by atoms with van der Waals surface area (Å²) < 4.78 is 6.38. The average Bonchev–Trinajstić information content (AvgIpc) is 3.89. The van der Waals surface area contributed by atoms with Gasteiger partial charge in [0.05, 0.1) is 0 Å². The topological polar surface area (TPSA) is 16.4 Å². The monoisotopic (exact) mass is 795 g/mol. The molecule has 2 nitrogen and oxygen atoms in total. The Hall–Kier alpha value is -7.42. The van der Waals surface area contributed by atoms with E-state index in [0.29, 0.717) is 0 Å². The van der Waals surface area contributed by atoms with Crippen molar-refractivity contribution in [2.75, 3.05) is 4.90 Å². The molecule has 0 fully saturated rings. The fourth-order valence-electron chi connectivity index (χ4n) is 10.6. The third-order valence-electron chi connectivity index (χ3n) is 13.9. The number of rotatable bonds is 6. The van der Waals surface area contributed by atoms with E-state index in [2.05, 4.69) is 221 Å². The van der Waals surface area contributed by atoms with Gasteiger partial charge in [0.2, 0.25) is 0 Å². The average molecular weight is 796 g/mol. The molecule has 296 valence electrons. The molecule has 0 N–H and O–H groups in total. The van der Waals surface area contributed by atoms with E-state index in [4.69, 9.17) is 4.42 Å². The molecule has 2 aliphatic carbocycles. The van der Waals surface area contributed by atoms with Crippen molar-refractivity contribution in [3.05, 3.63) is 222 Å². The quantitative estimate of drug-likeness (QED) is 0.167. The molecule has 0 saturated carbocycles. The summed E-state index contributed by atoms with van der Waals surface area (Å²) in [5, 5.41) is 2.29. The lowest BCUT2D eigenvalue weighted by Crippen LogP contribution is -2.17. The summed E-state index contributed by atoms with van der Waals surface area (Å²) in [5.41, 5.74) is 22.9. The minimum atomic E-state index is -0.177. The van der Waals surface area contributed by atoms with E-state index in [1.54, 1.807) is 0 Å². The summed E-state index contributed by atoms with van der Waals surface area (Å²) in [7, 11) is 0. The molecule has 0 atom stereocenters. The van der Waals surface area contributed by atoms with E-state index in [-0.39, 0.29) is 10.8 Å². The summed E-state index contributed by atoms with van der Waals surface area (Å²) in [5.74, 6) is 0. The first-order valence-corrected chi connectivity index (χ1v) is 21.7. The number of hydrogen-bond donors (Lipinski definition) is 0. The van der Waals surface area contributed by atoms with Gasteiger partial charge in [0.15, 0.2) is 0 Å². The van der Waals surface area contributed by atoms with Gasteiger partial charge in [-0.1, -0.05) is 179 Å². The second-order valence-corrected chi connectivity index (χ2v) is 18.1. The van der Waals surface area contributed by atoms with Gasteiger partial charge in [0.25, 0.3) is 0 Å². The molecule has 0 saturated heterocycles. The fraction of sp³-hybridized carbons (Fsp3) is 0.100. The molecule has 0 aliphatic heterocycles. The first-order chi connectivity index (χ1) is 30.2. The fourth-order valence-corrected chi connectivity index (χ4v) is 10.6. The molecular weight excluding hydrogens is 751 g/mol. The Labute approximate surface area is 363 Å². The number of anilines is 3. The highest BCUT2D eigenvalue weighted by molar-refractivity contribution is 6.09. The Kier molecular flexibility index (Phi) is 7.96. The molecule has 9 aromatic carbocycles.